The van der Waals surface area contributed by atoms with Crippen molar-refractivity contribution >= 4 is 36.6 Å². The molecule has 0 saturated carbocycles. The summed E-state index contributed by atoms with van der Waals surface area (Å²) in [5, 5.41) is 6.31. The maximum atomic E-state index is 11.2. The van der Waals surface area contributed by atoms with Gasteiger partial charge in [-0.15, -0.1) is 0 Å². The smallest absolute Gasteiger partial charge is 0.325 e. The molecule has 3 atom stereocenters. The van der Waals surface area contributed by atoms with Gasteiger partial charge in [-0.2, -0.15) is 11.8 Å². The third-order valence-electron chi connectivity index (χ3n) is 3.22. The molecule has 3 N–H and O–H groups in total. The zero-order valence-corrected chi connectivity index (χ0v) is 11.6. The molecule has 2 saturated heterocycles. The Hall–Kier alpha value is -0.600. The van der Waals surface area contributed by atoms with Crippen molar-refractivity contribution in [1.29, 1.82) is 0 Å². The Balaban J connectivity index is 1.62. The zero-order chi connectivity index (χ0) is 13.0. The number of carbonyl (C=O) groups excluding carboxylic acids is 2. The second-order valence-corrected chi connectivity index (χ2v) is 5.89. The van der Waals surface area contributed by atoms with Crippen LogP contribution in [0, 0.1) is 0 Å². The van der Waals surface area contributed by atoms with E-state index in [2.05, 4.69) is 33.2 Å². The zero-order valence-electron chi connectivity index (χ0n) is 9.85. The third-order valence-corrected chi connectivity index (χ3v) is 4.82. The highest BCUT2D eigenvalue weighted by atomic mass is 32.2. The quantitative estimate of drug-likeness (QED) is 0.249. The molecule has 2 aliphatic heterocycles. The molecule has 8 heteroatoms. The molecule has 0 aliphatic carbocycles. The first-order valence-corrected chi connectivity index (χ1v) is 7.47. The summed E-state index contributed by atoms with van der Waals surface area (Å²) in [5.74, 6) is 0.678. The number of hydrogen-bond donors (Lipinski definition) is 4. The molecule has 6 nitrogen and oxygen atoms in total. The lowest BCUT2D eigenvalue weighted by molar-refractivity contribution is -0.146. The maximum absolute atomic E-state index is 11.2. The number of amides is 2. The second-order valence-electron chi connectivity index (χ2n) is 4.43. The van der Waals surface area contributed by atoms with E-state index in [0.717, 1.165) is 25.0 Å². The summed E-state index contributed by atoms with van der Waals surface area (Å²) in [6, 6.07) is 0.457. The highest BCUT2D eigenvalue weighted by molar-refractivity contribution is 8.00. The number of urea groups is 1. The average molecular weight is 291 g/mol. The molecule has 0 radical (unpaired) electrons. The predicted octanol–water partition coefficient (Wildman–Crippen LogP) is 0.605. The Labute approximate surface area is 115 Å². The second kappa shape index (κ2) is 6.53. The maximum Gasteiger partial charge on any atom is 0.325 e. The average Bonchev–Trinajstić information content (AvgIpc) is 2.85. The summed E-state index contributed by atoms with van der Waals surface area (Å²) in [5.41, 5.74) is 0. The fraction of sp³-hybridized carbons (Fsp3) is 0.800. The van der Waals surface area contributed by atoms with Gasteiger partial charge in [0.05, 0.1) is 12.1 Å². The predicted molar refractivity (Wildman–Crippen MR) is 72.2 cm³/mol. The Morgan fingerprint density at radius 3 is 3.11 bits per heavy atom. The monoisotopic (exact) mass is 291 g/mol. The minimum Gasteiger partial charge on any atom is -0.360 e. The molecule has 0 aromatic rings. The molecular formula is C10H17N3O3S2. The summed E-state index contributed by atoms with van der Waals surface area (Å²) in [7, 11) is 0. The molecule has 2 fully saturated rings. The lowest BCUT2D eigenvalue weighted by Gasteiger charge is -2.16. The van der Waals surface area contributed by atoms with Gasteiger partial charge < -0.3 is 15.5 Å². The fourth-order valence-electron chi connectivity index (χ4n) is 2.36. The highest BCUT2D eigenvalue weighted by Crippen LogP contribution is 2.33. The highest BCUT2D eigenvalue weighted by Gasteiger charge is 2.42. The normalized spacial score (nSPS) is 29.6. The number of hydrogen-bond acceptors (Lipinski definition) is 6. The standard InChI is InChI=1S/C10H17N3O3S2/c14-8(16-13-17)4-2-1-3-7-9-6(5-18-7)11-10(15)12-9/h6-7,9,13,17H,1-5H2,(H2,11,12,15). The van der Waals surface area contributed by atoms with E-state index in [1.54, 1.807) is 0 Å². The van der Waals surface area contributed by atoms with Crippen molar-refractivity contribution in [3.8, 4) is 0 Å². The SMILES string of the molecule is O=C1NC2CSC(CCCCC(=O)ONS)C2N1. The lowest BCUT2D eigenvalue weighted by Crippen LogP contribution is -2.36. The van der Waals surface area contributed by atoms with Crippen molar-refractivity contribution in [3.63, 3.8) is 0 Å². The van der Waals surface area contributed by atoms with Crippen LogP contribution in [0.5, 0.6) is 0 Å². The third kappa shape index (κ3) is 3.46. The van der Waals surface area contributed by atoms with E-state index >= 15 is 0 Å². The van der Waals surface area contributed by atoms with Gasteiger partial charge in [0.15, 0.2) is 0 Å². The summed E-state index contributed by atoms with van der Waals surface area (Å²) < 4.78 is 0. The first kappa shape index (κ1) is 13.8. The molecular weight excluding hydrogens is 274 g/mol. The van der Waals surface area contributed by atoms with Gasteiger partial charge in [-0.25, -0.2) is 4.79 Å². The van der Waals surface area contributed by atoms with E-state index in [1.165, 1.54) is 0 Å². The van der Waals surface area contributed by atoms with E-state index in [1.807, 2.05) is 11.8 Å². The van der Waals surface area contributed by atoms with Gasteiger partial charge in [0, 0.05) is 17.4 Å². The number of rotatable bonds is 6. The van der Waals surface area contributed by atoms with Crippen LogP contribution < -0.4 is 15.5 Å². The van der Waals surface area contributed by atoms with Crippen LogP contribution >= 0.6 is 24.6 Å². The molecule has 2 amide bonds. The van der Waals surface area contributed by atoms with Crippen LogP contribution in [0.3, 0.4) is 0 Å². The van der Waals surface area contributed by atoms with Gasteiger partial charge in [-0.3, -0.25) is 4.79 Å². The van der Waals surface area contributed by atoms with Crippen molar-refractivity contribution in [2.24, 2.45) is 0 Å². The molecule has 0 bridgehead atoms. The Morgan fingerprint density at radius 1 is 1.50 bits per heavy atom. The summed E-state index contributed by atoms with van der Waals surface area (Å²) in [6.45, 7) is 0. The summed E-state index contributed by atoms with van der Waals surface area (Å²) in [6.07, 6.45) is 3.15. The van der Waals surface area contributed by atoms with Gasteiger partial charge in [0.25, 0.3) is 0 Å². The van der Waals surface area contributed by atoms with E-state index in [4.69, 9.17) is 0 Å². The molecule has 0 aromatic heterocycles. The van der Waals surface area contributed by atoms with Crippen LogP contribution in [-0.4, -0.2) is 35.1 Å². The topological polar surface area (TPSA) is 79.5 Å². The summed E-state index contributed by atoms with van der Waals surface area (Å²) in [4.78, 5) is 28.8. The molecule has 102 valence electrons. The number of carbonyl (C=O) groups is 2. The van der Waals surface area contributed by atoms with Crippen LogP contribution in [0.25, 0.3) is 0 Å². The van der Waals surface area contributed by atoms with E-state index in [0.29, 0.717) is 11.7 Å². The number of thioether (sulfide) groups is 1. The van der Waals surface area contributed by atoms with Gasteiger partial charge in [0.1, 0.15) is 0 Å². The van der Waals surface area contributed by atoms with Crippen LogP contribution in [0.2, 0.25) is 0 Å². The molecule has 18 heavy (non-hydrogen) atoms. The Kier molecular flexibility index (Phi) is 5.02. The van der Waals surface area contributed by atoms with Crippen molar-refractivity contribution < 1.29 is 14.4 Å². The van der Waals surface area contributed by atoms with Crippen LogP contribution in [0.4, 0.5) is 4.79 Å². The van der Waals surface area contributed by atoms with Crippen LogP contribution in [0.1, 0.15) is 25.7 Å². The number of nitrogens with one attached hydrogen (secondary N) is 3. The number of unbranched alkanes of at least 4 members (excludes halogenated alkanes) is 1. The minimum absolute atomic E-state index is 0.0567. The number of thiol groups is 1. The molecule has 2 rings (SSSR count). The Morgan fingerprint density at radius 2 is 2.33 bits per heavy atom. The Bertz CT molecular complexity index is 329. The lowest BCUT2D eigenvalue weighted by atomic mass is 10.0. The van der Waals surface area contributed by atoms with Gasteiger partial charge in [-0.1, -0.05) is 24.1 Å². The van der Waals surface area contributed by atoms with Crippen molar-refractivity contribution in [3.05, 3.63) is 0 Å². The fourth-order valence-corrected chi connectivity index (χ4v) is 4.01. The van der Waals surface area contributed by atoms with Gasteiger partial charge in [-0.05, 0) is 12.8 Å². The molecule has 0 spiro atoms. The first-order valence-electron chi connectivity index (χ1n) is 5.98. The number of fused-ring (bicyclic) bond motifs is 1. The molecule has 2 aliphatic rings. The van der Waals surface area contributed by atoms with E-state index < -0.39 is 0 Å². The summed E-state index contributed by atoms with van der Waals surface area (Å²) >= 11 is 5.47. The van der Waals surface area contributed by atoms with Crippen LogP contribution in [-0.2, 0) is 9.63 Å². The molecule has 0 aromatic carbocycles. The first-order chi connectivity index (χ1) is 8.70. The van der Waals surface area contributed by atoms with Crippen molar-refractivity contribution in [2.75, 3.05) is 5.75 Å². The minimum atomic E-state index is -0.294. The molecule has 2 heterocycles. The van der Waals surface area contributed by atoms with Crippen LogP contribution in [0.15, 0.2) is 0 Å². The molecule has 3 unspecified atom stereocenters. The van der Waals surface area contributed by atoms with Crippen molar-refractivity contribution in [1.82, 2.24) is 15.5 Å². The van der Waals surface area contributed by atoms with Crippen molar-refractivity contribution in [2.45, 2.75) is 43.0 Å². The van der Waals surface area contributed by atoms with Gasteiger partial charge in [0.2, 0.25) is 0 Å². The van der Waals surface area contributed by atoms with E-state index in [9.17, 15) is 9.59 Å². The largest absolute Gasteiger partial charge is 0.360 e. The van der Waals surface area contributed by atoms with Gasteiger partial charge >= 0.3 is 12.0 Å². The van der Waals surface area contributed by atoms with E-state index in [-0.39, 0.29) is 24.1 Å².